The van der Waals surface area contributed by atoms with Crippen molar-refractivity contribution in [3.63, 3.8) is 0 Å². The molecule has 0 radical (unpaired) electrons. The molecule has 1 heterocycles. The third-order valence-electron chi connectivity index (χ3n) is 4.05. The molecule has 1 N–H and O–H groups in total. The van der Waals surface area contributed by atoms with Gasteiger partial charge in [0.25, 0.3) is 0 Å². The molecule has 3 atom stereocenters. The number of aromatic nitrogens is 2. The lowest BCUT2D eigenvalue weighted by Crippen LogP contribution is -2.35. The van der Waals surface area contributed by atoms with Crippen LogP contribution in [0.5, 0.6) is 0 Å². The number of methoxy groups -OCH3 is 1. The topological polar surface area (TPSA) is 47.0 Å². The minimum Gasteiger partial charge on any atom is -0.377 e. The van der Waals surface area contributed by atoms with Gasteiger partial charge in [-0.15, -0.1) is 0 Å². The maximum atomic E-state index is 6.02. The minimum absolute atomic E-state index is 0.381. The summed E-state index contributed by atoms with van der Waals surface area (Å²) in [7, 11) is 1.63. The molecule has 2 rings (SSSR count). The van der Waals surface area contributed by atoms with Gasteiger partial charge in [-0.05, 0) is 18.3 Å². The number of halogens is 1. The van der Waals surface area contributed by atoms with Crippen LogP contribution in [-0.2, 0) is 11.3 Å². The lowest BCUT2D eigenvalue weighted by molar-refractivity contribution is 0.178. The van der Waals surface area contributed by atoms with Crippen LogP contribution in [0.15, 0.2) is 6.07 Å². The number of nitrogens with one attached hydrogen (secondary N) is 1. The lowest BCUT2D eigenvalue weighted by atomic mass is 9.78. The molecule has 106 valence electrons. The molecule has 1 aromatic heterocycles. The minimum atomic E-state index is 0.381. The lowest BCUT2D eigenvalue weighted by Gasteiger charge is -2.35. The second-order valence-electron chi connectivity index (χ2n) is 5.44. The Bertz CT molecular complexity index is 427. The van der Waals surface area contributed by atoms with E-state index in [1.165, 1.54) is 19.3 Å². The Morgan fingerprint density at radius 3 is 2.89 bits per heavy atom. The van der Waals surface area contributed by atoms with Gasteiger partial charge in [-0.2, -0.15) is 0 Å². The molecule has 5 heteroatoms. The zero-order valence-electron chi connectivity index (χ0n) is 11.8. The number of hydrogen-bond donors (Lipinski definition) is 1. The molecule has 1 aliphatic carbocycles. The van der Waals surface area contributed by atoms with Crippen LogP contribution in [0.1, 0.15) is 38.9 Å². The van der Waals surface area contributed by atoms with Crippen molar-refractivity contribution in [2.24, 2.45) is 11.8 Å². The van der Waals surface area contributed by atoms with Gasteiger partial charge in [0.2, 0.25) is 0 Å². The first kappa shape index (κ1) is 14.5. The first-order valence-electron chi connectivity index (χ1n) is 6.89. The summed E-state index contributed by atoms with van der Waals surface area (Å²) < 4.78 is 5.05. The summed E-state index contributed by atoms with van der Waals surface area (Å²) in [6.45, 7) is 5.01. The van der Waals surface area contributed by atoms with Crippen molar-refractivity contribution in [3.8, 4) is 0 Å². The average Bonchev–Trinajstić information content (AvgIpc) is 2.35. The highest BCUT2D eigenvalue weighted by Gasteiger charge is 2.27. The van der Waals surface area contributed by atoms with Crippen LogP contribution in [0.2, 0.25) is 5.15 Å². The van der Waals surface area contributed by atoms with Gasteiger partial charge >= 0.3 is 0 Å². The van der Waals surface area contributed by atoms with Gasteiger partial charge < -0.3 is 10.1 Å². The molecule has 1 aromatic rings. The molecular weight excluding hydrogens is 262 g/mol. The van der Waals surface area contributed by atoms with Gasteiger partial charge in [-0.1, -0.05) is 38.3 Å². The van der Waals surface area contributed by atoms with Crippen molar-refractivity contribution < 1.29 is 4.74 Å². The Balaban J connectivity index is 2.09. The molecule has 1 saturated carbocycles. The fourth-order valence-electron chi connectivity index (χ4n) is 2.71. The standard InChI is InChI=1S/C14H22ClN3O/c1-9-5-4-6-11(10(9)2)16-13-7-12(15)17-14(18-13)8-19-3/h7,9-11H,4-6,8H2,1-3H3,(H,16,17,18). The fourth-order valence-corrected chi connectivity index (χ4v) is 2.91. The molecule has 3 unspecified atom stereocenters. The normalized spacial score (nSPS) is 27.3. The number of anilines is 1. The van der Waals surface area contributed by atoms with Crippen LogP contribution < -0.4 is 5.32 Å². The molecule has 1 aliphatic rings. The van der Waals surface area contributed by atoms with E-state index in [4.69, 9.17) is 16.3 Å². The van der Waals surface area contributed by atoms with E-state index in [1.807, 2.05) is 0 Å². The maximum absolute atomic E-state index is 6.02. The van der Waals surface area contributed by atoms with Gasteiger partial charge in [0.1, 0.15) is 17.6 Å². The first-order valence-corrected chi connectivity index (χ1v) is 7.27. The summed E-state index contributed by atoms with van der Waals surface area (Å²) in [5.74, 6) is 2.82. The zero-order valence-corrected chi connectivity index (χ0v) is 12.6. The van der Waals surface area contributed by atoms with E-state index in [1.54, 1.807) is 13.2 Å². The van der Waals surface area contributed by atoms with E-state index in [2.05, 4.69) is 29.1 Å². The van der Waals surface area contributed by atoms with Crippen molar-refractivity contribution in [2.75, 3.05) is 12.4 Å². The third-order valence-corrected chi connectivity index (χ3v) is 4.25. The quantitative estimate of drug-likeness (QED) is 0.859. The average molecular weight is 284 g/mol. The Hall–Kier alpha value is -0.870. The molecule has 19 heavy (non-hydrogen) atoms. The summed E-state index contributed by atoms with van der Waals surface area (Å²) >= 11 is 6.02. The van der Waals surface area contributed by atoms with Crippen molar-refractivity contribution in [1.29, 1.82) is 0 Å². The number of rotatable bonds is 4. The first-order chi connectivity index (χ1) is 9.10. The van der Waals surface area contributed by atoms with Crippen LogP contribution in [0.3, 0.4) is 0 Å². The predicted molar refractivity (Wildman–Crippen MR) is 77.3 cm³/mol. The number of ether oxygens (including phenoxy) is 1. The van der Waals surface area contributed by atoms with E-state index in [0.717, 1.165) is 11.7 Å². The molecule has 0 bridgehead atoms. The predicted octanol–water partition coefficient (Wildman–Crippen LogP) is 3.51. The molecule has 1 fully saturated rings. The molecular formula is C14H22ClN3O. The van der Waals surface area contributed by atoms with E-state index in [9.17, 15) is 0 Å². The van der Waals surface area contributed by atoms with Crippen LogP contribution >= 0.6 is 11.6 Å². The van der Waals surface area contributed by atoms with Crippen LogP contribution in [0.4, 0.5) is 5.82 Å². The van der Waals surface area contributed by atoms with E-state index in [-0.39, 0.29) is 0 Å². The molecule has 4 nitrogen and oxygen atoms in total. The molecule has 0 amide bonds. The Morgan fingerprint density at radius 1 is 1.37 bits per heavy atom. The van der Waals surface area contributed by atoms with E-state index < -0.39 is 0 Å². The van der Waals surface area contributed by atoms with Crippen molar-refractivity contribution in [3.05, 3.63) is 17.0 Å². The van der Waals surface area contributed by atoms with Crippen LogP contribution in [0, 0.1) is 11.8 Å². The van der Waals surface area contributed by atoms with Crippen molar-refractivity contribution in [2.45, 2.75) is 45.8 Å². The van der Waals surface area contributed by atoms with Gasteiger partial charge in [0.15, 0.2) is 5.82 Å². The second kappa shape index (κ2) is 6.53. The maximum Gasteiger partial charge on any atom is 0.158 e. The van der Waals surface area contributed by atoms with E-state index >= 15 is 0 Å². The number of hydrogen-bond acceptors (Lipinski definition) is 4. The Morgan fingerprint density at radius 2 is 2.16 bits per heavy atom. The highest BCUT2D eigenvalue weighted by atomic mass is 35.5. The Kier molecular flexibility index (Phi) is 4.99. The SMILES string of the molecule is COCc1nc(Cl)cc(NC2CCCC(C)C2C)n1. The van der Waals surface area contributed by atoms with E-state index in [0.29, 0.717) is 29.5 Å². The second-order valence-corrected chi connectivity index (χ2v) is 5.83. The summed E-state index contributed by atoms with van der Waals surface area (Å²) in [6, 6.07) is 2.25. The monoisotopic (exact) mass is 283 g/mol. The summed E-state index contributed by atoms with van der Waals surface area (Å²) in [5.41, 5.74) is 0. The summed E-state index contributed by atoms with van der Waals surface area (Å²) in [4.78, 5) is 8.59. The zero-order chi connectivity index (χ0) is 13.8. The fraction of sp³-hybridized carbons (Fsp3) is 0.714. The largest absolute Gasteiger partial charge is 0.377 e. The molecule has 0 spiro atoms. The number of nitrogens with zero attached hydrogens (tertiary/aromatic N) is 2. The van der Waals surface area contributed by atoms with Gasteiger partial charge in [-0.25, -0.2) is 9.97 Å². The third kappa shape index (κ3) is 3.80. The Labute approximate surface area is 119 Å². The molecule has 0 saturated heterocycles. The van der Waals surface area contributed by atoms with Crippen molar-refractivity contribution in [1.82, 2.24) is 9.97 Å². The highest BCUT2D eigenvalue weighted by molar-refractivity contribution is 6.29. The van der Waals surface area contributed by atoms with Crippen LogP contribution in [0.25, 0.3) is 0 Å². The summed E-state index contributed by atoms with van der Waals surface area (Å²) in [5, 5.41) is 3.97. The molecule has 0 aliphatic heterocycles. The van der Waals surface area contributed by atoms with Crippen molar-refractivity contribution >= 4 is 17.4 Å². The van der Waals surface area contributed by atoms with Crippen LogP contribution in [-0.4, -0.2) is 23.1 Å². The van der Waals surface area contributed by atoms with Gasteiger partial charge in [-0.3, -0.25) is 0 Å². The van der Waals surface area contributed by atoms with Gasteiger partial charge in [0.05, 0.1) is 0 Å². The smallest absolute Gasteiger partial charge is 0.158 e. The van der Waals surface area contributed by atoms with Gasteiger partial charge in [0, 0.05) is 19.2 Å². The highest BCUT2D eigenvalue weighted by Crippen LogP contribution is 2.31. The summed E-state index contributed by atoms with van der Waals surface area (Å²) in [6.07, 6.45) is 3.78. The molecule has 0 aromatic carbocycles.